The molecule has 2 aliphatic rings. The molecule has 0 unspecified atom stereocenters. The van der Waals surface area contributed by atoms with Crippen LogP contribution in [-0.4, -0.2) is 93.9 Å². The molecular weight excluding hydrogens is 529 g/mol. The third-order valence-corrected chi connectivity index (χ3v) is 7.45. The van der Waals surface area contributed by atoms with Crippen LogP contribution in [-0.2, 0) is 19.0 Å². The maximum Gasteiger partial charge on any atom is 0.407 e. The lowest BCUT2D eigenvalue weighted by molar-refractivity contribution is -0.151. The zero-order valence-corrected chi connectivity index (χ0v) is 25.0. The van der Waals surface area contributed by atoms with Crippen molar-refractivity contribution in [2.75, 3.05) is 58.4 Å². The number of ether oxygens (including phenoxy) is 3. The Balaban J connectivity index is 1.83. The number of hydrogen-bond donors (Lipinski definition) is 2. The summed E-state index contributed by atoms with van der Waals surface area (Å²) in [5.41, 5.74) is 2.16. The fourth-order valence-electron chi connectivity index (χ4n) is 5.03. The standard InChI is InChI=1S/C31H46FN3O6/c1-21-6-8-27(36)20-29(37)41-30(22(2)7-9-28(21)40-31(38)33-10-11-34(4)5)23(3)16-24-17-25(32)19-26(18-24)35-12-14-39-15-13-35/h7,9,16-19,21-22,27-28,30,36H,6,8,10-15,20H2,1-5H3,(H,33,38)/b9-7+,23-16+/t21-,22-,27+,28+,30-/m0/s1. The van der Waals surface area contributed by atoms with Gasteiger partial charge in [0.25, 0.3) is 0 Å². The first-order valence-corrected chi connectivity index (χ1v) is 14.5. The van der Waals surface area contributed by atoms with Crippen LogP contribution in [0.5, 0.6) is 0 Å². The van der Waals surface area contributed by atoms with E-state index in [9.17, 15) is 19.1 Å². The molecule has 41 heavy (non-hydrogen) atoms. The summed E-state index contributed by atoms with van der Waals surface area (Å²) in [4.78, 5) is 29.3. The first kappa shape index (κ1) is 32.6. The fraction of sp³-hybridized carbons (Fsp3) is 0.613. The number of rotatable bonds is 7. The molecule has 0 bridgehead atoms. The molecule has 2 aliphatic heterocycles. The fourth-order valence-corrected chi connectivity index (χ4v) is 5.03. The highest BCUT2D eigenvalue weighted by Gasteiger charge is 2.27. The van der Waals surface area contributed by atoms with Crippen molar-refractivity contribution in [3.8, 4) is 0 Å². The average molecular weight is 576 g/mol. The summed E-state index contributed by atoms with van der Waals surface area (Å²) in [6, 6.07) is 4.88. The predicted octanol–water partition coefficient (Wildman–Crippen LogP) is 4.01. The number of cyclic esters (lactones) is 1. The van der Waals surface area contributed by atoms with E-state index < -0.39 is 30.4 Å². The van der Waals surface area contributed by atoms with E-state index in [4.69, 9.17) is 14.2 Å². The molecule has 1 aromatic rings. The van der Waals surface area contributed by atoms with E-state index >= 15 is 0 Å². The average Bonchev–Trinajstić information content (AvgIpc) is 2.91. The van der Waals surface area contributed by atoms with Crippen LogP contribution in [0, 0.1) is 17.7 Å². The van der Waals surface area contributed by atoms with Crippen molar-refractivity contribution in [2.24, 2.45) is 11.8 Å². The highest BCUT2D eigenvalue weighted by Crippen LogP contribution is 2.27. The number of nitrogens with one attached hydrogen (secondary N) is 1. The van der Waals surface area contributed by atoms with Gasteiger partial charge in [0.2, 0.25) is 0 Å². The van der Waals surface area contributed by atoms with Crippen LogP contribution in [0.3, 0.4) is 0 Å². The first-order valence-electron chi connectivity index (χ1n) is 14.5. The SMILES string of the molecule is C/C(=C\c1cc(F)cc(N2CCOCC2)c1)[C@H]1OC(=O)C[C@H](O)CC[C@H](C)[C@H](OC(=O)NCCN(C)C)/C=C/[C@@H]1C. The minimum atomic E-state index is -0.873. The lowest BCUT2D eigenvalue weighted by Gasteiger charge is -2.29. The van der Waals surface area contributed by atoms with Crippen LogP contribution in [0.1, 0.15) is 45.6 Å². The van der Waals surface area contributed by atoms with Crippen LogP contribution in [0.15, 0.2) is 35.9 Å². The van der Waals surface area contributed by atoms with Crippen molar-refractivity contribution in [1.29, 1.82) is 0 Å². The third-order valence-electron chi connectivity index (χ3n) is 7.45. The topological polar surface area (TPSA) is 101 Å². The van der Waals surface area contributed by atoms with Crippen molar-refractivity contribution in [2.45, 2.75) is 58.3 Å². The van der Waals surface area contributed by atoms with Crippen molar-refractivity contribution >= 4 is 23.8 Å². The van der Waals surface area contributed by atoms with E-state index in [0.29, 0.717) is 57.8 Å². The van der Waals surface area contributed by atoms with E-state index in [1.807, 2.05) is 64.1 Å². The van der Waals surface area contributed by atoms with E-state index in [1.54, 1.807) is 0 Å². The van der Waals surface area contributed by atoms with Gasteiger partial charge < -0.3 is 34.4 Å². The number of halogens is 1. The molecule has 5 atom stereocenters. The Bertz CT molecular complexity index is 1070. The zero-order chi connectivity index (χ0) is 29.9. The zero-order valence-electron chi connectivity index (χ0n) is 25.0. The van der Waals surface area contributed by atoms with Gasteiger partial charge in [-0.1, -0.05) is 26.0 Å². The number of likely N-dealkylation sites (N-methyl/N-ethyl adjacent to an activating group) is 1. The van der Waals surface area contributed by atoms with Gasteiger partial charge in [-0.25, -0.2) is 9.18 Å². The van der Waals surface area contributed by atoms with Crippen LogP contribution in [0.2, 0.25) is 0 Å². The first-order chi connectivity index (χ1) is 19.5. The minimum absolute atomic E-state index is 0.0795. The quantitative estimate of drug-likeness (QED) is 0.372. The molecule has 1 amide bonds. The van der Waals surface area contributed by atoms with Gasteiger partial charge in [-0.05, 0) is 75.2 Å². The molecular formula is C31H46FN3O6. The van der Waals surface area contributed by atoms with E-state index in [1.165, 1.54) is 12.1 Å². The monoisotopic (exact) mass is 575 g/mol. The number of anilines is 1. The molecule has 3 rings (SSSR count). The largest absolute Gasteiger partial charge is 0.457 e. The summed E-state index contributed by atoms with van der Waals surface area (Å²) in [5, 5.41) is 13.3. The van der Waals surface area contributed by atoms with Crippen LogP contribution < -0.4 is 10.2 Å². The second-order valence-corrected chi connectivity index (χ2v) is 11.4. The summed E-state index contributed by atoms with van der Waals surface area (Å²) in [6.07, 6.45) is 3.79. The highest BCUT2D eigenvalue weighted by atomic mass is 19.1. The van der Waals surface area contributed by atoms with Crippen molar-refractivity contribution in [1.82, 2.24) is 10.2 Å². The number of hydrogen-bond acceptors (Lipinski definition) is 8. The minimum Gasteiger partial charge on any atom is -0.457 e. The molecule has 0 spiro atoms. The summed E-state index contributed by atoms with van der Waals surface area (Å²) in [7, 11) is 3.85. The van der Waals surface area contributed by atoms with Gasteiger partial charge in [0.15, 0.2) is 0 Å². The molecule has 10 heteroatoms. The highest BCUT2D eigenvalue weighted by molar-refractivity contribution is 5.71. The Kier molecular flexibility index (Phi) is 12.6. The summed E-state index contributed by atoms with van der Waals surface area (Å²) >= 11 is 0. The second-order valence-electron chi connectivity index (χ2n) is 11.4. The second kappa shape index (κ2) is 15.9. The maximum atomic E-state index is 14.6. The Labute approximate surface area is 243 Å². The molecule has 0 aliphatic carbocycles. The number of aliphatic hydroxyl groups is 1. The van der Waals surface area contributed by atoms with Gasteiger partial charge >= 0.3 is 12.1 Å². The van der Waals surface area contributed by atoms with Gasteiger partial charge in [-0.3, -0.25) is 4.79 Å². The van der Waals surface area contributed by atoms with Crippen LogP contribution in [0.25, 0.3) is 6.08 Å². The molecule has 0 radical (unpaired) electrons. The lowest BCUT2D eigenvalue weighted by Crippen LogP contribution is -2.36. The van der Waals surface area contributed by atoms with Gasteiger partial charge in [-0.2, -0.15) is 0 Å². The summed E-state index contributed by atoms with van der Waals surface area (Å²) in [6.45, 7) is 9.42. The Morgan fingerprint density at radius 1 is 1.20 bits per heavy atom. The van der Waals surface area contributed by atoms with E-state index in [-0.39, 0.29) is 24.1 Å². The molecule has 1 aromatic carbocycles. The molecule has 1 fully saturated rings. The molecule has 228 valence electrons. The number of alkyl carbamates (subject to hydrolysis) is 1. The Hall–Kier alpha value is -2.95. The van der Waals surface area contributed by atoms with Crippen LogP contribution in [0.4, 0.5) is 14.9 Å². The van der Waals surface area contributed by atoms with Gasteiger partial charge in [0.05, 0.1) is 25.7 Å². The number of morpholine rings is 1. The molecule has 2 N–H and O–H groups in total. The number of nitrogens with zero attached hydrogens (tertiary/aromatic N) is 2. The molecule has 9 nitrogen and oxygen atoms in total. The summed E-state index contributed by atoms with van der Waals surface area (Å²) < 4.78 is 31.6. The normalized spacial score (nSPS) is 27.4. The Morgan fingerprint density at radius 3 is 2.63 bits per heavy atom. The van der Waals surface area contributed by atoms with Crippen LogP contribution >= 0.6 is 0 Å². The molecule has 1 saturated heterocycles. The predicted molar refractivity (Wildman–Crippen MR) is 157 cm³/mol. The molecule has 0 saturated carbocycles. The van der Waals surface area contributed by atoms with Crippen molar-refractivity contribution in [3.63, 3.8) is 0 Å². The number of aliphatic hydroxyl groups excluding tert-OH is 1. The number of amides is 1. The van der Waals surface area contributed by atoms with Crippen molar-refractivity contribution in [3.05, 3.63) is 47.3 Å². The number of carbonyl (C=O) groups excluding carboxylic acids is 2. The number of esters is 1. The summed E-state index contributed by atoms with van der Waals surface area (Å²) in [5.74, 6) is -1.21. The number of benzene rings is 1. The van der Waals surface area contributed by atoms with Gasteiger partial charge in [-0.15, -0.1) is 0 Å². The molecule has 0 aromatic heterocycles. The maximum absolute atomic E-state index is 14.6. The van der Waals surface area contributed by atoms with Gasteiger partial charge in [0.1, 0.15) is 18.0 Å². The third kappa shape index (κ3) is 10.8. The van der Waals surface area contributed by atoms with Gasteiger partial charge in [0, 0.05) is 37.8 Å². The number of carbonyl (C=O) groups is 2. The Morgan fingerprint density at radius 2 is 1.93 bits per heavy atom. The molecule has 2 heterocycles. The van der Waals surface area contributed by atoms with Crippen molar-refractivity contribution < 1.29 is 33.3 Å². The van der Waals surface area contributed by atoms with E-state index in [2.05, 4.69) is 10.2 Å². The lowest BCUT2D eigenvalue weighted by atomic mass is 9.91. The van der Waals surface area contributed by atoms with E-state index in [0.717, 1.165) is 11.3 Å². The smallest absolute Gasteiger partial charge is 0.407 e.